The maximum Gasteiger partial charge on any atom is 0.402 e. The van der Waals surface area contributed by atoms with E-state index < -0.39 is 22.7 Å². The van der Waals surface area contributed by atoms with E-state index in [2.05, 4.69) is 0 Å². The number of quaternary nitrogens is 1. The van der Waals surface area contributed by atoms with Crippen LogP contribution < -0.4 is 4.72 Å². The van der Waals surface area contributed by atoms with Gasteiger partial charge in [0.1, 0.15) is 6.54 Å². The Labute approximate surface area is 100 Å². The van der Waals surface area contributed by atoms with Crippen molar-refractivity contribution >= 4 is 10.0 Å². The highest BCUT2D eigenvalue weighted by molar-refractivity contribution is 7.89. The van der Waals surface area contributed by atoms with E-state index in [0.29, 0.717) is 19.6 Å². The van der Waals surface area contributed by atoms with Crippen LogP contribution in [-0.2, 0) is 10.0 Å². The zero-order valence-electron chi connectivity index (χ0n) is 10.3. The zero-order valence-corrected chi connectivity index (χ0v) is 11.2. The van der Waals surface area contributed by atoms with Gasteiger partial charge in [-0.05, 0) is 20.8 Å². The van der Waals surface area contributed by atoms with E-state index in [0.717, 1.165) is 0 Å². The van der Waals surface area contributed by atoms with E-state index >= 15 is 0 Å². The molecule has 0 aliphatic rings. The van der Waals surface area contributed by atoms with Crippen LogP contribution in [0.5, 0.6) is 0 Å². The summed E-state index contributed by atoms with van der Waals surface area (Å²) in [6.45, 7) is 5.68. The fourth-order valence-electron chi connectivity index (χ4n) is 1.54. The Balaban J connectivity index is 4.63. The van der Waals surface area contributed by atoms with Gasteiger partial charge in [0, 0.05) is 0 Å². The first-order valence-electron chi connectivity index (χ1n) is 5.49. The summed E-state index contributed by atoms with van der Waals surface area (Å²) in [6.07, 6.45) is -4.52. The summed E-state index contributed by atoms with van der Waals surface area (Å²) in [5.74, 6) is -0.313. The summed E-state index contributed by atoms with van der Waals surface area (Å²) in [6, 6.07) is 0. The normalized spacial score (nSPS) is 14.0. The molecular formula is C9H20F3N2O2S+. The van der Waals surface area contributed by atoms with Crippen LogP contribution >= 0.6 is 0 Å². The van der Waals surface area contributed by atoms with Crippen LogP contribution in [0.3, 0.4) is 0 Å². The van der Waals surface area contributed by atoms with Crippen molar-refractivity contribution < 1.29 is 26.1 Å². The summed E-state index contributed by atoms with van der Waals surface area (Å²) >= 11 is 0. The summed E-state index contributed by atoms with van der Waals surface area (Å²) in [5, 5.41) is 0. The van der Waals surface area contributed by atoms with Crippen molar-refractivity contribution in [3.8, 4) is 0 Å². The quantitative estimate of drug-likeness (QED) is 0.713. The number of hydrogen-bond donors (Lipinski definition) is 1. The van der Waals surface area contributed by atoms with E-state index in [-0.39, 0.29) is 10.4 Å². The minimum absolute atomic E-state index is 0.257. The Bertz CT molecular complexity index is 315. The van der Waals surface area contributed by atoms with Gasteiger partial charge in [0.05, 0.1) is 19.6 Å². The van der Waals surface area contributed by atoms with Crippen LogP contribution in [0.1, 0.15) is 20.8 Å². The molecule has 0 aliphatic carbocycles. The molecule has 0 rings (SSSR count). The number of nitrogens with one attached hydrogen (secondary N) is 1. The molecule has 0 bridgehead atoms. The number of halogens is 3. The third-order valence-corrected chi connectivity index (χ3v) is 4.42. The number of hydrogen-bond acceptors (Lipinski definition) is 2. The van der Waals surface area contributed by atoms with E-state index in [4.69, 9.17) is 0 Å². The second-order valence-electron chi connectivity index (χ2n) is 3.97. The molecule has 0 aromatic rings. The summed E-state index contributed by atoms with van der Waals surface area (Å²) in [4.78, 5) is 0. The van der Waals surface area contributed by atoms with Crippen molar-refractivity contribution in [2.45, 2.75) is 26.9 Å². The van der Waals surface area contributed by atoms with Crippen LogP contribution in [0.25, 0.3) is 0 Å². The first-order valence-corrected chi connectivity index (χ1v) is 7.14. The second kappa shape index (κ2) is 6.01. The van der Waals surface area contributed by atoms with Gasteiger partial charge in [0.2, 0.25) is 0 Å². The third kappa shape index (κ3) is 6.23. The molecule has 0 saturated carbocycles. The number of alkyl halides is 3. The predicted octanol–water partition coefficient (Wildman–Crippen LogP) is 1.30. The Morgan fingerprint density at radius 3 is 1.76 bits per heavy atom. The molecule has 0 fully saturated rings. The topological polar surface area (TPSA) is 46.2 Å². The third-order valence-electron chi connectivity index (χ3n) is 2.95. The van der Waals surface area contributed by atoms with Crippen LogP contribution in [0.15, 0.2) is 0 Å². The molecule has 0 heterocycles. The van der Waals surface area contributed by atoms with Gasteiger partial charge < -0.3 is 4.48 Å². The lowest BCUT2D eigenvalue weighted by atomic mass is 10.4. The smallest absolute Gasteiger partial charge is 0.311 e. The van der Waals surface area contributed by atoms with Crippen molar-refractivity contribution in [2.24, 2.45) is 0 Å². The molecule has 0 aliphatic heterocycles. The highest BCUT2D eigenvalue weighted by Crippen LogP contribution is 2.14. The lowest BCUT2D eigenvalue weighted by Gasteiger charge is -2.35. The first kappa shape index (κ1) is 16.7. The van der Waals surface area contributed by atoms with Gasteiger partial charge in [0.25, 0.3) is 10.0 Å². The number of nitrogens with zero attached hydrogens (tertiary/aromatic N) is 1. The van der Waals surface area contributed by atoms with Crippen LogP contribution in [0, 0.1) is 0 Å². The van der Waals surface area contributed by atoms with Crippen LogP contribution in [0.4, 0.5) is 13.2 Å². The van der Waals surface area contributed by atoms with Crippen molar-refractivity contribution in [1.29, 1.82) is 0 Å². The monoisotopic (exact) mass is 277 g/mol. The fraction of sp³-hybridized carbons (Fsp3) is 1.00. The van der Waals surface area contributed by atoms with Crippen molar-refractivity contribution in [1.82, 2.24) is 4.72 Å². The van der Waals surface area contributed by atoms with Gasteiger partial charge in [-0.3, -0.25) is 0 Å². The molecule has 17 heavy (non-hydrogen) atoms. The molecule has 0 amide bonds. The molecule has 0 radical (unpaired) electrons. The lowest BCUT2D eigenvalue weighted by Crippen LogP contribution is -2.53. The molecule has 1 N–H and O–H groups in total. The Morgan fingerprint density at radius 1 is 1.06 bits per heavy atom. The fourth-order valence-corrected chi connectivity index (χ4v) is 3.29. The largest absolute Gasteiger partial charge is 0.402 e. The molecule has 104 valence electrons. The SMILES string of the molecule is CC[N+](CC)(CC)CS(=O)(=O)NCC(F)(F)F. The molecule has 0 unspecified atom stereocenters. The van der Waals surface area contributed by atoms with E-state index in [9.17, 15) is 21.6 Å². The van der Waals surface area contributed by atoms with E-state index in [1.54, 1.807) is 4.72 Å². The van der Waals surface area contributed by atoms with E-state index in [1.165, 1.54) is 0 Å². The molecule has 0 saturated heterocycles. The number of rotatable bonds is 7. The maximum atomic E-state index is 11.9. The molecule has 0 aromatic carbocycles. The van der Waals surface area contributed by atoms with Gasteiger partial charge in [-0.25, -0.2) is 13.1 Å². The molecular weight excluding hydrogens is 257 g/mol. The van der Waals surface area contributed by atoms with Crippen molar-refractivity contribution in [3.63, 3.8) is 0 Å². The number of sulfonamides is 1. The average Bonchev–Trinajstić information content (AvgIpc) is 2.23. The van der Waals surface area contributed by atoms with Gasteiger partial charge in [0.15, 0.2) is 5.88 Å². The highest BCUT2D eigenvalue weighted by atomic mass is 32.2. The van der Waals surface area contributed by atoms with Crippen LogP contribution in [0.2, 0.25) is 0 Å². The Kier molecular flexibility index (Phi) is 5.89. The second-order valence-corrected chi connectivity index (χ2v) is 5.75. The molecule has 0 aromatic heterocycles. The predicted molar refractivity (Wildman–Crippen MR) is 59.7 cm³/mol. The molecule has 8 heteroatoms. The highest BCUT2D eigenvalue weighted by Gasteiger charge is 2.33. The average molecular weight is 277 g/mol. The zero-order chi connectivity index (χ0) is 13.7. The van der Waals surface area contributed by atoms with Crippen LogP contribution in [-0.4, -0.2) is 51.1 Å². The summed E-state index contributed by atoms with van der Waals surface area (Å²) in [7, 11) is -3.91. The van der Waals surface area contributed by atoms with Crippen molar-refractivity contribution in [3.05, 3.63) is 0 Å². The minimum atomic E-state index is -4.52. The van der Waals surface area contributed by atoms with Gasteiger partial charge in [-0.1, -0.05) is 0 Å². The standard InChI is InChI=1S/C9H20F3N2O2S/c1-4-14(5-2,6-3)8-17(15,16)13-7-9(10,11)12/h13H,4-8H2,1-3H3/q+1. The van der Waals surface area contributed by atoms with Gasteiger partial charge in [-0.15, -0.1) is 0 Å². The molecule has 0 atom stereocenters. The van der Waals surface area contributed by atoms with E-state index in [1.807, 2.05) is 20.8 Å². The summed E-state index contributed by atoms with van der Waals surface area (Å²) < 4.78 is 60.7. The minimum Gasteiger partial charge on any atom is -0.311 e. The van der Waals surface area contributed by atoms with Crippen molar-refractivity contribution in [2.75, 3.05) is 32.1 Å². The van der Waals surface area contributed by atoms with Gasteiger partial charge >= 0.3 is 6.18 Å². The lowest BCUT2D eigenvalue weighted by molar-refractivity contribution is -0.912. The Morgan fingerprint density at radius 2 is 1.47 bits per heavy atom. The maximum absolute atomic E-state index is 11.9. The molecule has 4 nitrogen and oxygen atoms in total. The summed E-state index contributed by atoms with van der Waals surface area (Å²) in [5.41, 5.74) is 0. The first-order chi connectivity index (χ1) is 7.60. The Hall–Kier alpha value is -0.340. The van der Waals surface area contributed by atoms with Gasteiger partial charge in [-0.2, -0.15) is 13.2 Å². The molecule has 0 spiro atoms.